The van der Waals surface area contributed by atoms with Crippen LogP contribution in [0.15, 0.2) is 28.7 Å². The zero-order valence-corrected chi connectivity index (χ0v) is 17.2. The largest absolute Gasteiger partial charge is 0.435 e. The molecular weight excluding hydrogens is 414 g/mol. The van der Waals surface area contributed by atoms with Gasteiger partial charge in [0.15, 0.2) is 0 Å². The molecule has 1 amide bonds. The monoisotopic (exact) mass is 438 g/mol. The molecule has 1 saturated heterocycles. The van der Waals surface area contributed by atoms with Crippen LogP contribution in [0.5, 0.6) is 5.75 Å². The lowest BCUT2D eigenvalue weighted by molar-refractivity contribution is -0.127. The van der Waals surface area contributed by atoms with Crippen molar-refractivity contribution in [3.05, 3.63) is 29.1 Å². The Morgan fingerprint density at radius 2 is 2.07 bits per heavy atom. The third-order valence-electron chi connectivity index (χ3n) is 5.40. The maximum atomic E-state index is 12.4. The van der Waals surface area contributed by atoms with E-state index in [-0.39, 0.29) is 22.4 Å². The van der Waals surface area contributed by atoms with E-state index in [9.17, 15) is 13.6 Å². The molecule has 7 nitrogen and oxygen atoms in total. The van der Waals surface area contributed by atoms with Crippen molar-refractivity contribution in [3.8, 4) is 17.2 Å². The van der Waals surface area contributed by atoms with Crippen LogP contribution in [0.2, 0.25) is 0 Å². The summed E-state index contributed by atoms with van der Waals surface area (Å²) in [6.45, 7) is -0.144. The average Bonchev–Trinajstić information content (AvgIpc) is 3.49. The van der Waals surface area contributed by atoms with Gasteiger partial charge in [-0.15, -0.1) is 5.10 Å². The van der Waals surface area contributed by atoms with Gasteiger partial charge in [0.25, 0.3) is 4.84 Å². The molecule has 10 heteroatoms. The topological polar surface area (TPSA) is 72.5 Å². The second-order valence-electron chi connectivity index (χ2n) is 7.82. The van der Waals surface area contributed by atoms with Crippen molar-refractivity contribution >= 4 is 18.1 Å². The van der Waals surface area contributed by atoms with E-state index in [1.54, 1.807) is 16.8 Å². The second-order valence-corrected chi connectivity index (χ2v) is 8.17. The van der Waals surface area contributed by atoms with E-state index in [1.165, 1.54) is 25.0 Å². The Balaban J connectivity index is 1.37. The van der Waals surface area contributed by atoms with E-state index < -0.39 is 6.61 Å². The number of likely N-dealkylation sites (tertiary alicyclic amines) is 1. The zero-order chi connectivity index (χ0) is 21.1. The molecule has 2 heterocycles. The molecule has 2 fully saturated rings. The van der Waals surface area contributed by atoms with Gasteiger partial charge >= 0.3 is 6.61 Å². The van der Waals surface area contributed by atoms with Gasteiger partial charge in [0, 0.05) is 18.7 Å². The number of alkyl halides is 2. The minimum absolute atomic E-state index is 0.0274. The van der Waals surface area contributed by atoms with Crippen LogP contribution in [0.1, 0.15) is 25.7 Å². The van der Waals surface area contributed by atoms with Gasteiger partial charge in [0.2, 0.25) is 11.8 Å². The van der Waals surface area contributed by atoms with E-state index in [0.29, 0.717) is 30.6 Å². The molecule has 1 saturated carbocycles. The number of ether oxygens (including phenoxy) is 1. The number of piperidine rings is 1. The first-order valence-corrected chi connectivity index (χ1v) is 10.5. The first-order chi connectivity index (χ1) is 14.5. The molecule has 2 aromatic rings. The molecule has 1 atom stereocenters. The molecule has 1 aromatic heterocycles. The predicted molar refractivity (Wildman–Crippen MR) is 107 cm³/mol. The summed E-state index contributed by atoms with van der Waals surface area (Å²) in [6.07, 6.45) is 4.25. The zero-order valence-electron chi connectivity index (χ0n) is 16.4. The highest BCUT2D eigenvalue weighted by Crippen LogP contribution is 2.28. The van der Waals surface area contributed by atoms with Crippen LogP contribution >= 0.6 is 12.2 Å². The summed E-state index contributed by atoms with van der Waals surface area (Å²) in [5, 5.41) is 7.48. The van der Waals surface area contributed by atoms with Crippen LogP contribution in [-0.2, 0) is 11.5 Å². The molecule has 1 unspecified atom stereocenters. The number of amides is 1. The number of nitrogens with one attached hydrogen (secondary N) is 1. The molecule has 2 aliphatic rings. The average molecular weight is 439 g/mol. The molecular formula is C20H24F2N4O3S. The molecule has 1 aliphatic heterocycles. The predicted octanol–water partition coefficient (Wildman–Crippen LogP) is 3.67. The van der Waals surface area contributed by atoms with Crippen molar-refractivity contribution < 1.29 is 22.7 Å². The lowest BCUT2D eigenvalue weighted by Gasteiger charge is -2.31. The molecule has 0 spiro atoms. The first-order valence-electron chi connectivity index (χ1n) is 10.1. The molecule has 1 aliphatic carbocycles. The number of benzene rings is 1. The molecule has 0 radical (unpaired) electrons. The lowest BCUT2D eigenvalue weighted by atomic mass is 9.97. The highest BCUT2D eigenvalue weighted by atomic mass is 32.1. The number of nitrogens with zero attached hydrogens (tertiary/aromatic N) is 3. The van der Waals surface area contributed by atoms with Gasteiger partial charge in [-0.2, -0.15) is 8.78 Å². The van der Waals surface area contributed by atoms with Crippen LogP contribution in [-0.4, -0.2) is 46.8 Å². The summed E-state index contributed by atoms with van der Waals surface area (Å²) in [5.74, 6) is 1.13. The van der Waals surface area contributed by atoms with E-state index in [4.69, 9.17) is 16.6 Å². The van der Waals surface area contributed by atoms with Crippen LogP contribution in [0.3, 0.4) is 0 Å². The van der Waals surface area contributed by atoms with E-state index in [2.05, 4.69) is 20.1 Å². The minimum Gasteiger partial charge on any atom is -0.435 e. The number of carbonyl (C=O) groups is 1. The molecule has 4 rings (SSSR count). The van der Waals surface area contributed by atoms with Crippen molar-refractivity contribution in [1.29, 1.82) is 0 Å². The summed E-state index contributed by atoms with van der Waals surface area (Å²) < 4.78 is 36.1. The highest BCUT2D eigenvalue weighted by molar-refractivity contribution is 7.71. The summed E-state index contributed by atoms with van der Waals surface area (Å²) in [7, 11) is 0. The van der Waals surface area contributed by atoms with Crippen molar-refractivity contribution in [1.82, 2.24) is 20.0 Å². The summed E-state index contributed by atoms with van der Waals surface area (Å²) >= 11 is 5.29. The number of rotatable bonds is 8. The van der Waals surface area contributed by atoms with Gasteiger partial charge in [0.05, 0.1) is 12.6 Å². The van der Waals surface area contributed by atoms with Gasteiger partial charge < -0.3 is 14.5 Å². The second kappa shape index (κ2) is 9.22. The Hall–Kier alpha value is -2.33. The maximum absolute atomic E-state index is 12.4. The summed E-state index contributed by atoms with van der Waals surface area (Å²) in [4.78, 5) is 14.8. The van der Waals surface area contributed by atoms with Gasteiger partial charge in [0.1, 0.15) is 5.75 Å². The fraction of sp³-hybridized carbons (Fsp3) is 0.550. The summed E-state index contributed by atoms with van der Waals surface area (Å²) in [5.41, 5.74) is 0.609. The van der Waals surface area contributed by atoms with Gasteiger partial charge in [-0.1, -0.05) is 0 Å². The van der Waals surface area contributed by atoms with Crippen LogP contribution in [0.4, 0.5) is 8.78 Å². The maximum Gasteiger partial charge on any atom is 0.387 e. The van der Waals surface area contributed by atoms with Crippen molar-refractivity contribution in [2.24, 2.45) is 11.8 Å². The SMILES string of the molecule is O=C(NCC1CC1)C1CCCN(Cn2nc(-c3ccc(OC(F)F)cc3)oc2=S)C1. The van der Waals surface area contributed by atoms with E-state index in [1.807, 2.05) is 0 Å². The van der Waals surface area contributed by atoms with E-state index >= 15 is 0 Å². The number of carbonyl (C=O) groups excluding carboxylic acids is 1. The molecule has 0 bridgehead atoms. The van der Waals surface area contributed by atoms with Gasteiger partial charge in [-0.25, -0.2) is 4.68 Å². The fourth-order valence-electron chi connectivity index (χ4n) is 3.59. The minimum atomic E-state index is -2.87. The highest BCUT2D eigenvalue weighted by Gasteiger charge is 2.28. The smallest absolute Gasteiger partial charge is 0.387 e. The third kappa shape index (κ3) is 5.42. The molecule has 162 valence electrons. The van der Waals surface area contributed by atoms with Crippen molar-refractivity contribution in [2.45, 2.75) is 39.0 Å². The van der Waals surface area contributed by atoms with Crippen LogP contribution in [0.25, 0.3) is 11.5 Å². The standard InChI is InChI=1S/C20H24F2N4O3S/c21-19(22)28-16-7-5-14(6-8-16)18-24-26(20(30)29-18)12-25-9-1-2-15(11-25)17(27)23-10-13-3-4-13/h5-8,13,15,19H,1-4,9-12H2,(H,23,27). The van der Waals surface area contributed by atoms with Gasteiger partial charge in [-0.05, 0) is 74.6 Å². The third-order valence-corrected chi connectivity index (χ3v) is 5.70. The Morgan fingerprint density at radius 3 is 2.77 bits per heavy atom. The number of halogens is 2. The van der Waals surface area contributed by atoms with Crippen LogP contribution < -0.4 is 10.1 Å². The Morgan fingerprint density at radius 1 is 1.30 bits per heavy atom. The van der Waals surface area contributed by atoms with E-state index in [0.717, 1.165) is 25.9 Å². The fourth-order valence-corrected chi connectivity index (χ4v) is 3.77. The quantitative estimate of drug-likeness (QED) is 0.634. The number of hydrogen-bond donors (Lipinski definition) is 1. The normalized spacial score (nSPS) is 19.8. The Kier molecular flexibility index (Phi) is 6.43. The molecule has 1 N–H and O–H groups in total. The first kappa shape index (κ1) is 20.9. The molecule has 1 aromatic carbocycles. The number of aromatic nitrogens is 2. The van der Waals surface area contributed by atoms with Crippen LogP contribution in [0, 0.1) is 16.7 Å². The van der Waals surface area contributed by atoms with Crippen molar-refractivity contribution in [2.75, 3.05) is 19.6 Å². The number of hydrogen-bond acceptors (Lipinski definition) is 6. The van der Waals surface area contributed by atoms with Gasteiger partial charge in [-0.3, -0.25) is 9.69 Å². The Labute approximate surface area is 178 Å². The van der Waals surface area contributed by atoms with Crippen molar-refractivity contribution in [3.63, 3.8) is 0 Å². The molecule has 30 heavy (non-hydrogen) atoms. The summed E-state index contributed by atoms with van der Waals surface area (Å²) in [6, 6.07) is 6.02. The lowest BCUT2D eigenvalue weighted by Crippen LogP contribution is -2.44. The Bertz CT molecular complexity index is 927.